The van der Waals surface area contributed by atoms with Crippen LogP contribution in [0.1, 0.15) is 19.3 Å². The molecule has 4 heteroatoms. The van der Waals surface area contributed by atoms with Crippen molar-refractivity contribution in [3.05, 3.63) is 12.7 Å². The summed E-state index contributed by atoms with van der Waals surface area (Å²) in [5, 5.41) is 11.2. The number of nitrogens with one attached hydrogen (secondary N) is 1. The first-order valence-corrected chi connectivity index (χ1v) is 5.26. The fourth-order valence-electron chi connectivity index (χ4n) is 1.45. The Morgan fingerprint density at radius 2 is 2.40 bits per heavy atom. The molecule has 1 fully saturated rings. The fourth-order valence-corrected chi connectivity index (χ4v) is 1.45. The molecule has 4 nitrogen and oxygen atoms in total. The molecule has 1 aliphatic rings. The van der Waals surface area contributed by atoms with Crippen molar-refractivity contribution in [2.75, 3.05) is 19.6 Å². The van der Waals surface area contributed by atoms with Gasteiger partial charge in [0.15, 0.2) is 0 Å². The van der Waals surface area contributed by atoms with E-state index in [9.17, 15) is 4.79 Å². The lowest BCUT2D eigenvalue weighted by atomic mass is 10.3. The van der Waals surface area contributed by atoms with Crippen LogP contribution < -0.4 is 5.32 Å². The quantitative estimate of drug-likeness (QED) is 0.624. The summed E-state index contributed by atoms with van der Waals surface area (Å²) in [5.41, 5.74) is 0. The van der Waals surface area contributed by atoms with E-state index in [-0.39, 0.29) is 5.91 Å². The smallest absolute Gasteiger partial charge is 0.234 e. The number of nitriles is 1. The van der Waals surface area contributed by atoms with E-state index in [4.69, 9.17) is 5.26 Å². The Labute approximate surface area is 90.6 Å². The molecule has 0 spiro atoms. The number of hydrogen-bond donors (Lipinski definition) is 1. The zero-order valence-electron chi connectivity index (χ0n) is 8.91. The standard InChI is InChI=1S/C11H17N3O/c1-2-7-13-11(15)9-14(8-3-6-12)10-4-5-10/h2,10H,1,3-5,7-9H2,(H,13,15). The summed E-state index contributed by atoms with van der Waals surface area (Å²) in [4.78, 5) is 13.5. The number of rotatable bonds is 7. The van der Waals surface area contributed by atoms with Gasteiger partial charge in [-0.25, -0.2) is 0 Å². The molecule has 0 heterocycles. The zero-order chi connectivity index (χ0) is 11.1. The van der Waals surface area contributed by atoms with Gasteiger partial charge in [0.05, 0.1) is 12.6 Å². The molecule has 0 aromatic carbocycles. The van der Waals surface area contributed by atoms with Crippen LogP contribution in [0.4, 0.5) is 0 Å². The van der Waals surface area contributed by atoms with Crippen molar-refractivity contribution in [2.45, 2.75) is 25.3 Å². The first-order chi connectivity index (χ1) is 7.27. The molecule has 82 valence electrons. The van der Waals surface area contributed by atoms with Crippen molar-refractivity contribution < 1.29 is 4.79 Å². The first-order valence-electron chi connectivity index (χ1n) is 5.26. The van der Waals surface area contributed by atoms with Crippen molar-refractivity contribution in [1.29, 1.82) is 5.26 Å². The molecule has 0 unspecified atom stereocenters. The third-order valence-corrected chi connectivity index (χ3v) is 2.36. The van der Waals surface area contributed by atoms with Gasteiger partial charge in [0.2, 0.25) is 5.91 Å². The minimum atomic E-state index is 0.0136. The van der Waals surface area contributed by atoms with Crippen LogP contribution >= 0.6 is 0 Å². The zero-order valence-corrected chi connectivity index (χ0v) is 8.91. The topological polar surface area (TPSA) is 56.1 Å². The number of hydrogen-bond acceptors (Lipinski definition) is 3. The van der Waals surface area contributed by atoms with Gasteiger partial charge in [-0.05, 0) is 12.8 Å². The maximum atomic E-state index is 11.4. The predicted molar refractivity (Wildman–Crippen MR) is 58.0 cm³/mol. The van der Waals surface area contributed by atoms with Gasteiger partial charge in [0, 0.05) is 25.6 Å². The summed E-state index contributed by atoms with van der Waals surface area (Å²) >= 11 is 0. The molecule has 0 saturated heterocycles. The van der Waals surface area contributed by atoms with Gasteiger partial charge in [-0.3, -0.25) is 9.69 Å². The van der Waals surface area contributed by atoms with Crippen LogP contribution in [0.15, 0.2) is 12.7 Å². The lowest BCUT2D eigenvalue weighted by molar-refractivity contribution is -0.122. The molecule has 15 heavy (non-hydrogen) atoms. The average Bonchev–Trinajstić information content (AvgIpc) is 3.04. The molecule has 1 rings (SSSR count). The molecule has 1 amide bonds. The molecule has 1 N–H and O–H groups in total. The SMILES string of the molecule is C=CCNC(=O)CN(CCC#N)C1CC1. The Bertz CT molecular complexity index is 265. The van der Waals surface area contributed by atoms with Crippen LogP contribution in [0.2, 0.25) is 0 Å². The number of carbonyl (C=O) groups is 1. The Kier molecular flexibility index (Phi) is 4.85. The van der Waals surface area contributed by atoms with Gasteiger partial charge in [0.1, 0.15) is 0 Å². The molecular weight excluding hydrogens is 190 g/mol. The van der Waals surface area contributed by atoms with Gasteiger partial charge >= 0.3 is 0 Å². The highest BCUT2D eigenvalue weighted by atomic mass is 16.2. The normalized spacial score (nSPS) is 14.7. The molecule has 1 saturated carbocycles. The van der Waals surface area contributed by atoms with Crippen LogP contribution in [0, 0.1) is 11.3 Å². The Hall–Kier alpha value is -1.34. The van der Waals surface area contributed by atoms with Crippen LogP contribution in [-0.4, -0.2) is 36.5 Å². The maximum Gasteiger partial charge on any atom is 0.234 e. The Morgan fingerprint density at radius 1 is 1.67 bits per heavy atom. The van der Waals surface area contributed by atoms with E-state index in [2.05, 4.69) is 22.9 Å². The van der Waals surface area contributed by atoms with Gasteiger partial charge in [-0.1, -0.05) is 6.08 Å². The largest absolute Gasteiger partial charge is 0.352 e. The molecule has 0 bridgehead atoms. The minimum Gasteiger partial charge on any atom is -0.352 e. The van der Waals surface area contributed by atoms with E-state index < -0.39 is 0 Å². The fraction of sp³-hybridized carbons (Fsp3) is 0.636. The summed E-state index contributed by atoms with van der Waals surface area (Å²) in [6, 6.07) is 2.63. The molecule has 0 aromatic rings. The summed E-state index contributed by atoms with van der Waals surface area (Å²) in [6.07, 6.45) is 4.46. The highest BCUT2D eigenvalue weighted by Gasteiger charge is 2.29. The van der Waals surface area contributed by atoms with Crippen LogP contribution in [0.25, 0.3) is 0 Å². The second-order valence-electron chi connectivity index (χ2n) is 3.70. The summed E-state index contributed by atoms with van der Waals surface area (Å²) < 4.78 is 0. The van der Waals surface area contributed by atoms with Crippen molar-refractivity contribution in [3.8, 4) is 6.07 Å². The molecule has 0 aromatic heterocycles. The summed E-state index contributed by atoms with van der Waals surface area (Å²) in [7, 11) is 0. The third-order valence-electron chi connectivity index (χ3n) is 2.36. The summed E-state index contributed by atoms with van der Waals surface area (Å²) in [6.45, 7) is 5.15. The molecule has 0 atom stereocenters. The van der Waals surface area contributed by atoms with E-state index in [0.717, 1.165) is 12.8 Å². The first kappa shape index (κ1) is 11.7. The number of carbonyl (C=O) groups excluding carboxylic acids is 1. The Balaban J connectivity index is 2.27. The van der Waals surface area contributed by atoms with Gasteiger partial charge in [-0.2, -0.15) is 5.26 Å². The maximum absolute atomic E-state index is 11.4. The average molecular weight is 207 g/mol. The Morgan fingerprint density at radius 3 is 2.93 bits per heavy atom. The van der Waals surface area contributed by atoms with E-state index >= 15 is 0 Å². The van der Waals surface area contributed by atoms with Crippen LogP contribution in [0.5, 0.6) is 0 Å². The van der Waals surface area contributed by atoms with E-state index in [0.29, 0.717) is 32.1 Å². The highest BCUT2D eigenvalue weighted by molar-refractivity contribution is 5.78. The van der Waals surface area contributed by atoms with Gasteiger partial charge in [0.25, 0.3) is 0 Å². The molecular formula is C11H17N3O. The minimum absolute atomic E-state index is 0.0136. The molecule has 1 aliphatic carbocycles. The lowest BCUT2D eigenvalue weighted by Gasteiger charge is -2.19. The van der Waals surface area contributed by atoms with Crippen molar-refractivity contribution in [1.82, 2.24) is 10.2 Å². The van der Waals surface area contributed by atoms with Crippen molar-refractivity contribution in [3.63, 3.8) is 0 Å². The van der Waals surface area contributed by atoms with Crippen molar-refractivity contribution in [2.24, 2.45) is 0 Å². The predicted octanol–water partition coefficient (Wildman–Crippen LogP) is 0.667. The second-order valence-corrected chi connectivity index (χ2v) is 3.70. The van der Waals surface area contributed by atoms with E-state index in [1.807, 2.05) is 0 Å². The van der Waals surface area contributed by atoms with E-state index in [1.165, 1.54) is 0 Å². The number of nitrogens with zero attached hydrogens (tertiary/aromatic N) is 2. The van der Waals surface area contributed by atoms with Crippen molar-refractivity contribution >= 4 is 5.91 Å². The number of amides is 1. The van der Waals surface area contributed by atoms with Gasteiger partial charge < -0.3 is 5.32 Å². The monoisotopic (exact) mass is 207 g/mol. The molecule has 0 aliphatic heterocycles. The van der Waals surface area contributed by atoms with Crippen LogP contribution in [0.3, 0.4) is 0 Å². The van der Waals surface area contributed by atoms with E-state index in [1.54, 1.807) is 6.08 Å². The highest BCUT2D eigenvalue weighted by Crippen LogP contribution is 2.26. The third kappa shape index (κ3) is 4.61. The second kappa shape index (κ2) is 6.20. The molecule has 0 radical (unpaired) electrons. The summed E-state index contributed by atoms with van der Waals surface area (Å²) in [5.74, 6) is 0.0136. The lowest BCUT2D eigenvalue weighted by Crippen LogP contribution is -2.38. The van der Waals surface area contributed by atoms with Crippen LogP contribution in [-0.2, 0) is 4.79 Å². The van der Waals surface area contributed by atoms with Gasteiger partial charge in [-0.15, -0.1) is 6.58 Å².